The van der Waals surface area contributed by atoms with Crippen LogP contribution in [0, 0.1) is 0 Å². The van der Waals surface area contributed by atoms with Crippen LogP contribution in [-0.2, 0) is 11.2 Å². The van der Waals surface area contributed by atoms with E-state index >= 15 is 0 Å². The fraction of sp³-hybridized carbons (Fsp3) is 0.200. The Bertz CT molecular complexity index is 893. The summed E-state index contributed by atoms with van der Waals surface area (Å²) in [5.41, 5.74) is 2.84. The van der Waals surface area contributed by atoms with Crippen molar-refractivity contribution in [3.63, 3.8) is 0 Å². The number of benzene rings is 2. The number of nitrogens with zero attached hydrogens (tertiary/aromatic N) is 2. The molecule has 0 aliphatic rings. The van der Waals surface area contributed by atoms with Gasteiger partial charge in [0.05, 0.1) is 35.9 Å². The van der Waals surface area contributed by atoms with Crippen molar-refractivity contribution in [2.24, 2.45) is 0 Å². The first-order valence-electron chi connectivity index (χ1n) is 8.28. The molecule has 0 radical (unpaired) electrons. The molecule has 6 heteroatoms. The maximum absolute atomic E-state index is 12.4. The normalized spacial score (nSPS) is 11.8. The average molecular weight is 414 g/mol. The molecule has 0 aliphatic carbocycles. The molecule has 1 unspecified atom stereocenters. The lowest BCUT2D eigenvalue weighted by molar-refractivity contribution is -0.121. The summed E-state index contributed by atoms with van der Waals surface area (Å²) in [5.74, 6) is 0.720. The van der Waals surface area contributed by atoms with E-state index in [2.05, 4.69) is 26.3 Å². The van der Waals surface area contributed by atoms with Crippen LogP contribution in [0.3, 0.4) is 0 Å². The van der Waals surface area contributed by atoms with Gasteiger partial charge in [-0.1, -0.05) is 24.3 Å². The Morgan fingerprint density at radius 1 is 1.27 bits per heavy atom. The number of rotatable bonds is 6. The fourth-order valence-corrected chi connectivity index (χ4v) is 3.24. The molecule has 0 bridgehead atoms. The molecule has 0 spiro atoms. The molecule has 1 N–H and O–H groups in total. The second-order valence-corrected chi connectivity index (χ2v) is 6.84. The Morgan fingerprint density at radius 2 is 2.04 bits per heavy atom. The lowest BCUT2D eigenvalue weighted by Crippen LogP contribution is -2.28. The summed E-state index contributed by atoms with van der Waals surface area (Å²) in [5, 5.41) is 7.34. The van der Waals surface area contributed by atoms with Crippen LogP contribution < -0.4 is 10.1 Å². The smallest absolute Gasteiger partial charge is 0.225 e. The highest BCUT2D eigenvalue weighted by atomic mass is 79.9. The number of carbonyl (C=O) groups excluding carboxylic acids is 1. The van der Waals surface area contributed by atoms with Crippen molar-refractivity contribution in [3.05, 3.63) is 76.5 Å². The van der Waals surface area contributed by atoms with Crippen molar-refractivity contribution in [2.45, 2.75) is 19.4 Å². The molecule has 2 aromatic carbocycles. The molecule has 3 aromatic rings. The zero-order valence-corrected chi connectivity index (χ0v) is 16.2. The Hall–Kier alpha value is -2.60. The largest absolute Gasteiger partial charge is 0.496 e. The van der Waals surface area contributed by atoms with Crippen LogP contribution >= 0.6 is 15.9 Å². The molecular formula is C20H20BrN3O2. The number of para-hydroxylation sites is 1. The van der Waals surface area contributed by atoms with Gasteiger partial charge in [-0.05, 0) is 58.2 Å². The van der Waals surface area contributed by atoms with Crippen molar-refractivity contribution in [1.82, 2.24) is 15.1 Å². The van der Waals surface area contributed by atoms with E-state index in [0.29, 0.717) is 0 Å². The highest BCUT2D eigenvalue weighted by Crippen LogP contribution is 2.28. The van der Waals surface area contributed by atoms with Crippen molar-refractivity contribution < 1.29 is 9.53 Å². The molecule has 1 aromatic heterocycles. The average Bonchev–Trinajstić information content (AvgIpc) is 3.10. The van der Waals surface area contributed by atoms with E-state index in [1.165, 1.54) is 0 Å². The van der Waals surface area contributed by atoms with E-state index in [9.17, 15) is 4.79 Å². The monoisotopic (exact) mass is 413 g/mol. The van der Waals surface area contributed by atoms with Gasteiger partial charge in [0.15, 0.2) is 0 Å². The second kappa shape index (κ2) is 8.19. The predicted octanol–water partition coefficient (Wildman–Crippen LogP) is 4.06. The maximum atomic E-state index is 12.4. The van der Waals surface area contributed by atoms with E-state index in [1.54, 1.807) is 18.0 Å². The maximum Gasteiger partial charge on any atom is 0.225 e. The number of halogens is 1. The molecule has 134 valence electrons. The third-order valence-electron chi connectivity index (χ3n) is 4.07. The Balaban J connectivity index is 1.62. The summed E-state index contributed by atoms with van der Waals surface area (Å²) in [6, 6.07) is 15.5. The Kier molecular flexibility index (Phi) is 5.73. The van der Waals surface area contributed by atoms with E-state index in [4.69, 9.17) is 4.74 Å². The van der Waals surface area contributed by atoms with Crippen molar-refractivity contribution in [2.75, 3.05) is 7.11 Å². The molecule has 1 atom stereocenters. The molecule has 0 saturated heterocycles. The van der Waals surface area contributed by atoms with Crippen LogP contribution in [0.1, 0.15) is 24.1 Å². The first-order valence-corrected chi connectivity index (χ1v) is 9.08. The zero-order chi connectivity index (χ0) is 18.5. The highest BCUT2D eigenvalue weighted by molar-refractivity contribution is 9.10. The van der Waals surface area contributed by atoms with E-state index in [0.717, 1.165) is 27.0 Å². The van der Waals surface area contributed by atoms with Gasteiger partial charge in [0.2, 0.25) is 5.91 Å². The van der Waals surface area contributed by atoms with Crippen LogP contribution in [0.15, 0.2) is 65.4 Å². The number of amides is 1. The lowest BCUT2D eigenvalue weighted by Gasteiger charge is -2.15. The fourth-order valence-electron chi connectivity index (χ4n) is 2.69. The quantitative estimate of drug-likeness (QED) is 0.662. The molecule has 26 heavy (non-hydrogen) atoms. The predicted molar refractivity (Wildman–Crippen MR) is 105 cm³/mol. The van der Waals surface area contributed by atoms with Gasteiger partial charge in [0.25, 0.3) is 0 Å². The number of methoxy groups -OCH3 is 1. The number of hydrogen-bond acceptors (Lipinski definition) is 3. The molecular weight excluding hydrogens is 394 g/mol. The Morgan fingerprint density at radius 3 is 2.73 bits per heavy atom. The lowest BCUT2D eigenvalue weighted by atomic mass is 10.1. The minimum atomic E-state index is -0.103. The van der Waals surface area contributed by atoms with Gasteiger partial charge in [-0.25, -0.2) is 4.68 Å². The minimum Gasteiger partial charge on any atom is -0.496 e. The van der Waals surface area contributed by atoms with Crippen LogP contribution in [0.25, 0.3) is 5.69 Å². The molecule has 0 aliphatic heterocycles. The number of ether oxygens (including phenoxy) is 1. The summed E-state index contributed by atoms with van der Waals surface area (Å²) in [4.78, 5) is 12.4. The zero-order valence-electron chi connectivity index (χ0n) is 14.6. The van der Waals surface area contributed by atoms with Crippen LogP contribution in [0.2, 0.25) is 0 Å². The summed E-state index contributed by atoms with van der Waals surface area (Å²) in [6.45, 7) is 1.96. The van der Waals surface area contributed by atoms with Gasteiger partial charge in [-0.2, -0.15) is 5.10 Å². The SMILES string of the molecule is COc1ccc(C(C)NC(=O)Cc2cnn(-c3ccccc3)c2)cc1Br. The summed E-state index contributed by atoms with van der Waals surface area (Å²) in [7, 11) is 1.63. The molecule has 0 fully saturated rings. The van der Waals surface area contributed by atoms with Gasteiger partial charge >= 0.3 is 0 Å². The van der Waals surface area contributed by atoms with Gasteiger partial charge in [0, 0.05) is 6.20 Å². The Labute approximate surface area is 161 Å². The second-order valence-electron chi connectivity index (χ2n) is 5.99. The third kappa shape index (κ3) is 4.32. The highest BCUT2D eigenvalue weighted by Gasteiger charge is 2.13. The minimum absolute atomic E-state index is 0.0444. The molecule has 5 nitrogen and oxygen atoms in total. The van der Waals surface area contributed by atoms with Crippen LogP contribution in [-0.4, -0.2) is 22.8 Å². The number of nitrogens with one attached hydrogen (secondary N) is 1. The summed E-state index contributed by atoms with van der Waals surface area (Å²) in [6.07, 6.45) is 3.89. The van der Waals surface area contributed by atoms with Gasteiger partial charge in [-0.3, -0.25) is 4.79 Å². The summed E-state index contributed by atoms with van der Waals surface area (Å²) >= 11 is 3.47. The van der Waals surface area contributed by atoms with E-state index in [1.807, 2.05) is 61.7 Å². The standard InChI is InChI=1S/C20H20BrN3O2/c1-14(16-8-9-19(26-2)18(21)11-16)23-20(25)10-15-12-22-24(13-15)17-6-4-3-5-7-17/h3-9,11-14H,10H2,1-2H3,(H,23,25). The van der Waals surface area contributed by atoms with Gasteiger partial charge in [-0.15, -0.1) is 0 Å². The molecule has 0 saturated carbocycles. The van der Waals surface area contributed by atoms with Crippen molar-refractivity contribution in [1.29, 1.82) is 0 Å². The van der Waals surface area contributed by atoms with E-state index < -0.39 is 0 Å². The third-order valence-corrected chi connectivity index (χ3v) is 4.69. The molecule has 3 rings (SSSR count). The number of carbonyl (C=O) groups is 1. The van der Waals surface area contributed by atoms with Gasteiger partial charge < -0.3 is 10.1 Å². The topological polar surface area (TPSA) is 56.1 Å². The first-order chi connectivity index (χ1) is 12.6. The van der Waals surface area contributed by atoms with Crippen molar-refractivity contribution >= 4 is 21.8 Å². The number of hydrogen-bond donors (Lipinski definition) is 1. The van der Waals surface area contributed by atoms with Crippen LogP contribution in [0.5, 0.6) is 5.75 Å². The molecule has 1 amide bonds. The van der Waals surface area contributed by atoms with Crippen molar-refractivity contribution in [3.8, 4) is 11.4 Å². The van der Waals surface area contributed by atoms with Crippen LogP contribution in [0.4, 0.5) is 0 Å². The molecule has 1 heterocycles. The van der Waals surface area contributed by atoms with Gasteiger partial charge in [0.1, 0.15) is 5.75 Å². The summed E-state index contributed by atoms with van der Waals surface area (Å²) < 4.78 is 7.87. The number of aromatic nitrogens is 2. The first kappa shape index (κ1) is 18.2. The van der Waals surface area contributed by atoms with E-state index in [-0.39, 0.29) is 18.4 Å².